The van der Waals surface area contributed by atoms with Gasteiger partial charge in [0.15, 0.2) is 0 Å². The van der Waals surface area contributed by atoms with Crippen molar-refractivity contribution in [2.24, 2.45) is 5.41 Å². The van der Waals surface area contributed by atoms with Gasteiger partial charge in [0.25, 0.3) is 0 Å². The normalized spacial score (nSPS) is 18.4. The van der Waals surface area contributed by atoms with Crippen LogP contribution < -0.4 is 4.90 Å². The summed E-state index contributed by atoms with van der Waals surface area (Å²) in [6.45, 7) is 3.56. The van der Waals surface area contributed by atoms with E-state index >= 15 is 0 Å². The molecule has 2 aliphatic heterocycles. The first-order valence-corrected chi connectivity index (χ1v) is 12.3. The molecule has 2 aromatic heterocycles. The molecule has 3 N–H and O–H groups in total. The SMILES string of the molecule is O=C(O)C(F)(F)F.O=C(O)C(F)(F)F.O=C(O)C(F)(F)F.O=C1N(c2cccnc2)CCC12CCCN(Cc1cccnc1)C2. The lowest BCUT2D eigenvalue weighted by atomic mass is 9.78. The highest BCUT2D eigenvalue weighted by molar-refractivity contribution is 6.00. The molecule has 0 bridgehead atoms. The van der Waals surface area contributed by atoms with Crippen LogP contribution in [0.1, 0.15) is 24.8 Å². The Kier molecular flexibility index (Phi) is 13.7. The molecule has 250 valence electrons. The summed E-state index contributed by atoms with van der Waals surface area (Å²) in [6.07, 6.45) is -5.00. The molecule has 20 heteroatoms. The Balaban J connectivity index is 0.000000396. The van der Waals surface area contributed by atoms with Crippen molar-refractivity contribution in [1.82, 2.24) is 14.9 Å². The molecule has 1 atom stereocenters. The highest BCUT2D eigenvalue weighted by Crippen LogP contribution is 2.42. The van der Waals surface area contributed by atoms with Crippen LogP contribution in [0.3, 0.4) is 0 Å². The highest BCUT2D eigenvalue weighted by Gasteiger charge is 2.49. The van der Waals surface area contributed by atoms with E-state index in [2.05, 4.69) is 20.9 Å². The van der Waals surface area contributed by atoms with Gasteiger partial charge in [0.1, 0.15) is 0 Å². The van der Waals surface area contributed by atoms with E-state index in [0.717, 1.165) is 51.1 Å². The smallest absolute Gasteiger partial charge is 0.475 e. The zero-order valence-electron chi connectivity index (χ0n) is 22.7. The highest BCUT2D eigenvalue weighted by atomic mass is 19.4. The van der Waals surface area contributed by atoms with E-state index in [1.807, 2.05) is 29.3 Å². The van der Waals surface area contributed by atoms with Gasteiger partial charge in [0, 0.05) is 38.2 Å². The number of hydrogen-bond acceptors (Lipinski definition) is 7. The molecule has 0 radical (unpaired) electrons. The van der Waals surface area contributed by atoms with Crippen molar-refractivity contribution >= 4 is 29.5 Å². The number of aliphatic carboxylic acids is 3. The lowest BCUT2D eigenvalue weighted by Crippen LogP contribution is -2.47. The molecule has 45 heavy (non-hydrogen) atoms. The zero-order valence-corrected chi connectivity index (χ0v) is 22.7. The summed E-state index contributed by atoms with van der Waals surface area (Å²) < 4.78 is 95.2. The fraction of sp³-hybridized carbons (Fsp3) is 0.440. The molecule has 1 amide bonds. The molecule has 1 unspecified atom stereocenters. The predicted octanol–water partition coefficient (Wildman–Crippen LogP) is 4.40. The topological polar surface area (TPSA) is 161 Å². The van der Waals surface area contributed by atoms with Gasteiger partial charge in [0.2, 0.25) is 5.91 Å². The quantitative estimate of drug-likeness (QED) is 0.402. The second-order valence-electron chi connectivity index (χ2n) is 9.28. The van der Waals surface area contributed by atoms with E-state index in [-0.39, 0.29) is 11.3 Å². The Morgan fingerprint density at radius 1 is 0.756 bits per heavy atom. The van der Waals surface area contributed by atoms with Crippen molar-refractivity contribution < 1.29 is 74.0 Å². The summed E-state index contributed by atoms with van der Waals surface area (Å²) >= 11 is 0. The van der Waals surface area contributed by atoms with E-state index in [1.54, 1.807) is 18.6 Å². The van der Waals surface area contributed by atoms with Crippen LogP contribution in [-0.4, -0.2) is 92.2 Å². The van der Waals surface area contributed by atoms with E-state index in [9.17, 15) is 44.3 Å². The number of piperidine rings is 1. The third kappa shape index (κ3) is 13.0. The zero-order chi connectivity index (χ0) is 34.6. The van der Waals surface area contributed by atoms with Crippen LogP contribution in [0.5, 0.6) is 0 Å². The molecule has 2 fully saturated rings. The average Bonchev–Trinajstić information content (AvgIpc) is 3.24. The molecule has 4 rings (SSSR count). The van der Waals surface area contributed by atoms with Crippen LogP contribution >= 0.6 is 0 Å². The Morgan fingerprint density at radius 2 is 1.22 bits per heavy atom. The molecule has 2 aliphatic rings. The van der Waals surface area contributed by atoms with E-state index in [1.165, 1.54) is 5.56 Å². The summed E-state index contributed by atoms with van der Waals surface area (Å²) in [6, 6.07) is 7.94. The van der Waals surface area contributed by atoms with Gasteiger partial charge in [-0.1, -0.05) is 6.07 Å². The summed E-state index contributed by atoms with van der Waals surface area (Å²) in [7, 11) is 0. The minimum atomic E-state index is -5.08. The molecule has 0 aromatic carbocycles. The average molecular weight is 664 g/mol. The monoisotopic (exact) mass is 664 g/mol. The number of nitrogens with zero attached hydrogens (tertiary/aromatic N) is 4. The van der Waals surface area contributed by atoms with Gasteiger partial charge in [-0.3, -0.25) is 19.7 Å². The molecule has 11 nitrogen and oxygen atoms in total. The predicted molar refractivity (Wildman–Crippen MR) is 133 cm³/mol. The molecule has 2 aromatic rings. The number of amides is 1. The number of likely N-dealkylation sites (tertiary alicyclic amines) is 1. The lowest BCUT2D eigenvalue weighted by Gasteiger charge is -2.39. The van der Waals surface area contributed by atoms with Crippen molar-refractivity contribution in [2.45, 2.75) is 44.3 Å². The number of carboxylic acids is 3. The van der Waals surface area contributed by atoms with Crippen LogP contribution in [-0.2, 0) is 25.7 Å². The van der Waals surface area contributed by atoms with Crippen molar-refractivity contribution in [3.05, 3.63) is 54.6 Å². The molecular formula is C25H25F9N4O7. The minimum absolute atomic E-state index is 0.226. The number of halogens is 9. The van der Waals surface area contributed by atoms with Crippen LogP contribution in [0.25, 0.3) is 0 Å². The molecule has 1 spiro atoms. The number of rotatable bonds is 3. The van der Waals surface area contributed by atoms with E-state index in [4.69, 9.17) is 29.7 Å². The third-order valence-corrected chi connectivity index (χ3v) is 5.98. The summed E-state index contributed by atoms with van der Waals surface area (Å²) in [5.74, 6) is -8.00. The van der Waals surface area contributed by atoms with Crippen molar-refractivity contribution in [2.75, 3.05) is 24.5 Å². The molecular weight excluding hydrogens is 639 g/mol. The maximum atomic E-state index is 13.1. The van der Waals surface area contributed by atoms with Gasteiger partial charge in [-0.05, 0) is 49.6 Å². The number of pyridine rings is 2. The second kappa shape index (κ2) is 16.0. The Bertz CT molecular complexity index is 1220. The minimum Gasteiger partial charge on any atom is -0.475 e. The van der Waals surface area contributed by atoms with Crippen LogP contribution in [0, 0.1) is 5.41 Å². The summed E-state index contributed by atoms with van der Waals surface area (Å²) in [5, 5.41) is 21.4. The number of aromatic nitrogens is 2. The molecule has 0 saturated carbocycles. The van der Waals surface area contributed by atoms with Gasteiger partial charge in [-0.25, -0.2) is 14.4 Å². The number of alkyl halides is 9. The van der Waals surface area contributed by atoms with Gasteiger partial charge in [-0.2, -0.15) is 39.5 Å². The van der Waals surface area contributed by atoms with Crippen molar-refractivity contribution in [3.8, 4) is 0 Å². The van der Waals surface area contributed by atoms with Crippen LogP contribution in [0.4, 0.5) is 45.2 Å². The largest absolute Gasteiger partial charge is 0.490 e. The van der Waals surface area contributed by atoms with Crippen LogP contribution in [0.15, 0.2) is 49.1 Å². The fourth-order valence-electron chi connectivity index (χ4n) is 4.07. The Hall–Kier alpha value is -4.49. The molecule has 0 aliphatic carbocycles. The molecule has 4 heterocycles. The first-order chi connectivity index (χ1) is 20.6. The Morgan fingerprint density at radius 3 is 1.62 bits per heavy atom. The number of carbonyl (C=O) groups is 4. The Labute approximate surface area is 247 Å². The number of carboxylic acid groups (broad SMARTS) is 3. The van der Waals surface area contributed by atoms with Gasteiger partial charge in [-0.15, -0.1) is 0 Å². The van der Waals surface area contributed by atoms with Crippen molar-refractivity contribution in [1.29, 1.82) is 0 Å². The first kappa shape index (κ1) is 38.5. The number of anilines is 1. The number of carbonyl (C=O) groups excluding carboxylic acids is 1. The summed E-state index contributed by atoms with van der Waals surface area (Å²) in [4.78, 5) is 52.5. The van der Waals surface area contributed by atoms with Crippen molar-refractivity contribution in [3.63, 3.8) is 0 Å². The van der Waals surface area contributed by atoms with Gasteiger partial charge in [0.05, 0.1) is 17.3 Å². The van der Waals surface area contributed by atoms with E-state index < -0.39 is 36.4 Å². The van der Waals surface area contributed by atoms with Crippen LogP contribution in [0.2, 0.25) is 0 Å². The first-order valence-electron chi connectivity index (χ1n) is 12.3. The maximum Gasteiger partial charge on any atom is 0.490 e. The fourth-order valence-corrected chi connectivity index (χ4v) is 4.07. The second-order valence-corrected chi connectivity index (χ2v) is 9.28. The van der Waals surface area contributed by atoms with Gasteiger partial charge >= 0.3 is 36.4 Å². The number of hydrogen-bond donors (Lipinski definition) is 3. The maximum absolute atomic E-state index is 13.1. The molecule has 2 saturated heterocycles. The lowest BCUT2D eigenvalue weighted by molar-refractivity contribution is -0.193. The third-order valence-electron chi connectivity index (χ3n) is 5.98. The van der Waals surface area contributed by atoms with Gasteiger partial charge < -0.3 is 20.2 Å². The standard InChI is InChI=1S/C19H22N4O.3C2HF3O2/c24-18-19(7-11-23(18)17-5-2-9-21-13-17)6-3-10-22(15-19)14-16-4-1-8-20-12-16;3*3-2(4,5)1(6)7/h1-2,4-5,8-9,12-13H,3,6-7,10-11,14-15H2;3*(H,6,7). The van der Waals surface area contributed by atoms with E-state index in [0.29, 0.717) is 0 Å². The summed E-state index contributed by atoms with van der Waals surface area (Å²) in [5.41, 5.74) is 1.91.